The predicted octanol–water partition coefficient (Wildman–Crippen LogP) is 3.17. The number of fused-ring (bicyclic) bond motifs is 1. The molecule has 3 aromatic rings. The van der Waals surface area contributed by atoms with Crippen molar-refractivity contribution in [3.05, 3.63) is 80.3 Å². The summed E-state index contributed by atoms with van der Waals surface area (Å²) in [6.45, 7) is 5.55. The molecular formula is C20H20N4O5. The van der Waals surface area contributed by atoms with Crippen LogP contribution in [-0.2, 0) is 11.3 Å². The molecule has 0 bridgehead atoms. The van der Waals surface area contributed by atoms with Crippen molar-refractivity contribution < 1.29 is 14.5 Å². The fraction of sp³-hybridized carbons (Fsp3) is 0.250. The largest absolute Gasteiger partial charge is 0.456 e. The summed E-state index contributed by atoms with van der Waals surface area (Å²) < 4.78 is 6.44. The molecule has 0 saturated heterocycles. The van der Waals surface area contributed by atoms with Crippen LogP contribution < -0.4 is 10.9 Å². The molecule has 9 nitrogen and oxygen atoms in total. The van der Waals surface area contributed by atoms with Crippen molar-refractivity contribution in [1.82, 2.24) is 9.38 Å². The maximum Gasteiger partial charge on any atom is 0.376 e. The normalized spacial score (nSPS) is 11.3. The van der Waals surface area contributed by atoms with Crippen molar-refractivity contribution in [2.45, 2.75) is 32.9 Å². The molecule has 0 aliphatic rings. The Labute approximate surface area is 166 Å². The van der Waals surface area contributed by atoms with E-state index >= 15 is 0 Å². The third kappa shape index (κ3) is 4.57. The number of nitrogens with one attached hydrogen (secondary N) is 1. The molecule has 3 rings (SSSR count). The Hall–Kier alpha value is -3.75. The van der Waals surface area contributed by atoms with Gasteiger partial charge in [0, 0.05) is 12.7 Å². The van der Waals surface area contributed by atoms with Crippen molar-refractivity contribution in [3.8, 4) is 0 Å². The lowest BCUT2D eigenvalue weighted by atomic mass is 10.1. The summed E-state index contributed by atoms with van der Waals surface area (Å²) in [5.41, 5.74) is -0.529. The fourth-order valence-electron chi connectivity index (χ4n) is 2.65. The van der Waals surface area contributed by atoms with Gasteiger partial charge in [0.05, 0.1) is 10.5 Å². The lowest BCUT2D eigenvalue weighted by Crippen LogP contribution is -2.23. The number of carbonyl (C=O) groups is 1. The van der Waals surface area contributed by atoms with Gasteiger partial charge in [-0.05, 0) is 50.6 Å². The molecule has 9 heteroatoms. The Kier molecular flexibility index (Phi) is 5.31. The molecule has 150 valence electrons. The van der Waals surface area contributed by atoms with E-state index in [1.165, 1.54) is 6.20 Å². The Bertz CT molecular complexity index is 1130. The van der Waals surface area contributed by atoms with Gasteiger partial charge in [-0.2, -0.15) is 0 Å². The lowest BCUT2D eigenvalue weighted by Gasteiger charge is -2.19. The van der Waals surface area contributed by atoms with Crippen LogP contribution in [-0.4, -0.2) is 25.9 Å². The van der Waals surface area contributed by atoms with Gasteiger partial charge in [0.1, 0.15) is 11.2 Å². The number of esters is 1. The maximum absolute atomic E-state index is 12.4. The van der Waals surface area contributed by atoms with Crippen molar-refractivity contribution in [2.24, 2.45) is 0 Å². The molecule has 0 saturated carbocycles. The number of hydrogen-bond donors (Lipinski definition) is 1. The van der Waals surface area contributed by atoms with Crippen LogP contribution in [0.15, 0.2) is 53.5 Å². The van der Waals surface area contributed by atoms with Crippen LogP contribution in [0, 0.1) is 10.1 Å². The number of nitro groups is 1. The van der Waals surface area contributed by atoms with E-state index in [-0.39, 0.29) is 12.4 Å². The van der Waals surface area contributed by atoms with Gasteiger partial charge < -0.3 is 10.1 Å². The zero-order valence-corrected chi connectivity index (χ0v) is 16.2. The number of anilines is 1. The molecule has 0 radical (unpaired) electrons. The van der Waals surface area contributed by atoms with Crippen LogP contribution in [0.5, 0.6) is 0 Å². The summed E-state index contributed by atoms with van der Waals surface area (Å²) in [5.74, 6) is -0.542. The monoisotopic (exact) mass is 396 g/mol. The first-order chi connectivity index (χ1) is 13.7. The Morgan fingerprint density at radius 1 is 1.21 bits per heavy atom. The first-order valence-electron chi connectivity index (χ1n) is 8.88. The zero-order chi connectivity index (χ0) is 21.2. The molecule has 29 heavy (non-hydrogen) atoms. The summed E-state index contributed by atoms with van der Waals surface area (Å²) in [5, 5.41) is 14.2. The van der Waals surface area contributed by atoms with E-state index in [4.69, 9.17) is 4.74 Å². The number of aromatic nitrogens is 2. The highest BCUT2D eigenvalue weighted by Crippen LogP contribution is 2.19. The van der Waals surface area contributed by atoms with Gasteiger partial charge in [-0.1, -0.05) is 18.2 Å². The highest BCUT2D eigenvalue weighted by Gasteiger charge is 2.23. The third-order valence-electron chi connectivity index (χ3n) is 3.94. The van der Waals surface area contributed by atoms with Crippen LogP contribution in [0.4, 0.5) is 11.5 Å². The average molecular weight is 396 g/mol. The van der Waals surface area contributed by atoms with E-state index in [0.717, 1.165) is 9.96 Å². The van der Waals surface area contributed by atoms with E-state index in [2.05, 4.69) is 10.3 Å². The summed E-state index contributed by atoms with van der Waals surface area (Å²) >= 11 is 0. The van der Waals surface area contributed by atoms with Crippen LogP contribution in [0.1, 0.15) is 36.7 Å². The average Bonchev–Trinajstić information content (AvgIpc) is 2.65. The van der Waals surface area contributed by atoms with E-state index in [9.17, 15) is 19.7 Å². The van der Waals surface area contributed by atoms with E-state index in [1.54, 1.807) is 63.2 Å². The molecule has 2 heterocycles. The zero-order valence-electron chi connectivity index (χ0n) is 16.2. The highest BCUT2D eigenvalue weighted by molar-refractivity contribution is 5.89. The lowest BCUT2D eigenvalue weighted by molar-refractivity contribution is -0.385. The summed E-state index contributed by atoms with van der Waals surface area (Å²) in [6.07, 6.45) is 1.43. The summed E-state index contributed by atoms with van der Waals surface area (Å²) in [4.78, 5) is 39.3. The minimum Gasteiger partial charge on any atom is -0.456 e. The minimum absolute atomic E-state index is 0.109. The van der Waals surface area contributed by atoms with Crippen LogP contribution in [0.25, 0.3) is 5.65 Å². The van der Waals surface area contributed by atoms with Crippen molar-refractivity contribution >= 4 is 23.1 Å². The van der Waals surface area contributed by atoms with Gasteiger partial charge in [0.15, 0.2) is 0 Å². The number of pyridine rings is 1. The second-order valence-electron chi connectivity index (χ2n) is 7.35. The predicted molar refractivity (Wildman–Crippen MR) is 107 cm³/mol. The molecule has 0 spiro atoms. The van der Waals surface area contributed by atoms with E-state index in [0.29, 0.717) is 11.2 Å². The Morgan fingerprint density at radius 2 is 1.90 bits per heavy atom. The maximum atomic E-state index is 12.4. The standard InChI is InChI=1S/C20H20N4O5/c1-20(2,3)29-19(26)14-9-7-13(8-10-14)12-21-17-16(24(27)28)18(25)23-11-5-4-6-15(23)22-17/h4-11,21H,12H2,1-3H3. The second kappa shape index (κ2) is 7.70. The highest BCUT2D eigenvalue weighted by atomic mass is 16.6. The van der Waals surface area contributed by atoms with Gasteiger partial charge in [0.2, 0.25) is 5.82 Å². The smallest absolute Gasteiger partial charge is 0.376 e. The van der Waals surface area contributed by atoms with Crippen LogP contribution >= 0.6 is 0 Å². The van der Waals surface area contributed by atoms with Gasteiger partial charge in [0.25, 0.3) is 0 Å². The number of nitrogens with zero attached hydrogens (tertiary/aromatic N) is 3. The van der Waals surface area contributed by atoms with Crippen LogP contribution in [0.2, 0.25) is 0 Å². The third-order valence-corrected chi connectivity index (χ3v) is 3.94. The van der Waals surface area contributed by atoms with E-state index < -0.39 is 27.7 Å². The number of carbonyl (C=O) groups excluding carboxylic acids is 1. The number of ether oxygens (including phenoxy) is 1. The minimum atomic E-state index is -0.761. The van der Waals surface area contributed by atoms with E-state index in [1.807, 2.05) is 0 Å². The number of benzene rings is 1. The van der Waals surface area contributed by atoms with Gasteiger partial charge in [-0.3, -0.25) is 19.3 Å². The molecule has 0 aliphatic heterocycles. The van der Waals surface area contributed by atoms with Crippen LogP contribution in [0.3, 0.4) is 0 Å². The molecule has 0 aliphatic carbocycles. The molecular weight excluding hydrogens is 376 g/mol. The summed E-state index contributed by atoms with van der Waals surface area (Å²) in [7, 11) is 0. The van der Waals surface area contributed by atoms with Crippen molar-refractivity contribution in [3.63, 3.8) is 0 Å². The second-order valence-corrected chi connectivity index (χ2v) is 7.35. The number of hydrogen-bond acceptors (Lipinski definition) is 7. The van der Waals surface area contributed by atoms with Gasteiger partial charge in [-0.25, -0.2) is 9.78 Å². The summed E-state index contributed by atoms with van der Waals surface area (Å²) in [6, 6.07) is 11.5. The molecule has 0 amide bonds. The topological polar surface area (TPSA) is 116 Å². The molecule has 0 fully saturated rings. The molecule has 1 aromatic carbocycles. The SMILES string of the molecule is CC(C)(C)OC(=O)c1ccc(CNc2nc3ccccn3c(=O)c2[N+](=O)[O-])cc1. The van der Waals surface area contributed by atoms with Crippen molar-refractivity contribution in [1.29, 1.82) is 0 Å². The first kappa shape index (κ1) is 20.0. The molecule has 0 atom stereocenters. The van der Waals surface area contributed by atoms with Crippen molar-refractivity contribution in [2.75, 3.05) is 5.32 Å². The number of rotatable bonds is 5. The van der Waals surface area contributed by atoms with Gasteiger partial charge in [-0.15, -0.1) is 0 Å². The fourth-order valence-corrected chi connectivity index (χ4v) is 2.65. The first-order valence-corrected chi connectivity index (χ1v) is 8.88. The Balaban J connectivity index is 1.82. The Morgan fingerprint density at radius 3 is 2.52 bits per heavy atom. The quantitative estimate of drug-likeness (QED) is 0.400. The van der Waals surface area contributed by atoms with Gasteiger partial charge >= 0.3 is 17.2 Å². The molecule has 2 aromatic heterocycles. The molecule has 0 unspecified atom stereocenters. The molecule has 1 N–H and O–H groups in total.